The Balaban J connectivity index is 0.00000162. The molecular weight excluding hydrogens is 252 g/mol. The zero-order chi connectivity index (χ0) is 12.3. The number of amides is 1. The van der Waals surface area contributed by atoms with Crippen LogP contribution in [0.1, 0.15) is 17.7 Å². The molecule has 18 heavy (non-hydrogen) atoms. The number of hydrogen-bond donors (Lipinski definition) is 1. The lowest BCUT2D eigenvalue weighted by atomic mass is 9.98. The number of carboxylic acids is 1. The van der Waals surface area contributed by atoms with Gasteiger partial charge in [-0.3, -0.25) is 4.79 Å². The maximum absolute atomic E-state index is 12.0. The Morgan fingerprint density at radius 1 is 1.50 bits per heavy atom. The molecule has 1 aliphatic heterocycles. The van der Waals surface area contributed by atoms with Crippen LogP contribution in [0, 0.1) is 5.92 Å². The molecule has 0 saturated carbocycles. The molecule has 2 heterocycles. The first-order chi connectivity index (χ1) is 8.16. The average molecular weight is 270 g/mol. The highest BCUT2D eigenvalue weighted by Crippen LogP contribution is 2.18. The number of carbonyl (C=O) groups excluding carboxylic acids is 2. The normalized spacial score (nSPS) is 19.1. The molecule has 4 N–H and O–H groups in total. The van der Waals surface area contributed by atoms with Gasteiger partial charge in [-0.2, -0.15) is 0 Å². The van der Waals surface area contributed by atoms with Crippen LogP contribution in [0.15, 0.2) is 17.5 Å². The van der Waals surface area contributed by atoms with Gasteiger partial charge in [-0.1, -0.05) is 6.07 Å². The summed E-state index contributed by atoms with van der Waals surface area (Å²) in [5.74, 6) is -1.53. The summed E-state index contributed by atoms with van der Waals surface area (Å²) in [6, 6.07) is 3.83. The number of thiophene rings is 1. The van der Waals surface area contributed by atoms with E-state index in [2.05, 4.69) is 0 Å². The lowest BCUT2D eigenvalue weighted by Crippen LogP contribution is -2.46. The van der Waals surface area contributed by atoms with E-state index in [9.17, 15) is 14.7 Å². The second-order valence-electron chi connectivity index (χ2n) is 4.25. The third kappa shape index (κ3) is 3.54. The number of nitrogens with zero attached hydrogens (tertiary/aromatic N) is 1. The van der Waals surface area contributed by atoms with E-state index in [1.165, 1.54) is 0 Å². The first-order valence-electron chi connectivity index (χ1n) is 5.68. The number of carboxylic acid groups (broad SMARTS) is 1. The van der Waals surface area contributed by atoms with Crippen molar-refractivity contribution in [3.8, 4) is 0 Å². The van der Waals surface area contributed by atoms with E-state index in [-0.39, 0.29) is 12.1 Å². The zero-order valence-corrected chi connectivity index (χ0v) is 11.2. The minimum absolute atomic E-state index is 0. The van der Waals surface area contributed by atoms with E-state index in [4.69, 9.17) is 0 Å². The number of rotatable bonds is 3. The van der Waals surface area contributed by atoms with E-state index in [1.54, 1.807) is 16.2 Å². The Bertz CT molecular complexity index is 405. The van der Waals surface area contributed by atoms with Crippen molar-refractivity contribution in [3.05, 3.63) is 22.4 Å². The molecule has 1 aromatic rings. The smallest absolute Gasteiger partial charge is 0.227 e. The summed E-state index contributed by atoms with van der Waals surface area (Å²) >= 11 is 1.55. The first-order valence-corrected chi connectivity index (χ1v) is 6.56. The van der Waals surface area contributed by atoms with E-state index >= 15 is 0 Å². The summed E-state index contributed by atoms with van der Waals surface area (Å²) in [5, 5.41) is 12.7. The van der Waals surface area contributed by atoms with Gasteiger partial charge < -0.3 is 21.0 Å². The van der Waals surface area contributed by atoms with Crippen LogP contribution in [-0.2, 0) is 16.0 Å². The van der Waals surface area contributed by atoms with E-state index in [1.807, 2.05) is 17.5 Å². The van der Waals surface area contributed by atoms with Gasteiger partial charge in [0, 0.05) is 29.9 Å². The van der Waals surface area contributed by atoms with Crippen LogP contribution in [0.25, 0.3) is 0 Å². The van der Waals surface area contributed by atoms with Crippen LogP contribution in [-0.4, -0.2) is 29.9 Å². The van der Waals surface area contributed by atoms with Crippen molar-refractivity contribution >= 4 is 23.2 Å². The lowest BCUT2D eigenvalue weighted by molar-refractivity contribution is -0.312. The second-order valence-corrected chi connectivity index (χ2v) is 5.29. The van der Waals surface area contributed by atoms with E-state index < -0.39 is 11.9 Å². The molecule has 0 aromatic carbocycles. The molecule has 1 atom stereocenters. The lowest BCUT2D eigenvalue weighted by Gasteiger charge is -2.33. The molecule has 6 heteroatoms. The number of carbonyl (C=O) groups is 2. The molecular formula is C12H18N2O3S. The average Bonchev–Trinajstić information content (AvgIpc) is 2.82. The number of piperidine rings is 1. The minimum Gasteiger partial charge on any atom is -0.550 e. The highest BCUT2D eigenvalue weighted by atomic mass is 32.1. The SMILES string of the molecule is O=C([O-])[C@H]1CCCN(C(=O)Cc2cccs2)C1.[NH4+]. The van der Waals surface area contributed by atoms with E-state index in [0.717, 1.165) is 11.3 Å². The summed E-state index contributed by atoms with van der Waals surface area (Å²) in [6.07, 6.45) is 1.73. The second kappa shape index (κ2) is 6.51. The number of hydrogen-bond acceptors (Lipinski definition) is 4. The van der Waals surface area contributed by atoms with Crippen LogP contribution in [0.5, 0.6) is 0 Å². The van der Waals surface area contributed by atoms with E-state index in [0.29, 0.717) is 25.9 Å². The molecule has 1 aliphatic rings. The van der Waals surface area contributed by atoms with Gasteiger partial charge in [0.25, 0.3) is 0 Å². The summed E-state index contributed by atoms with van der Waals surface area (Å²) in [7, 11) is 0. The van der Waals surface area contributed by atoms with Crippen LogP contribution in [0.3, 0.4) is 0 Å². The maximum Gasteiger partial charge on any atom is 0.227 e. The Morgan fingerprint density at radius 2 is 2.28 bits per heavy atom. The molecule has 1 saturated heterocycles. The van der Waals surface area contributed by atoms with Gasteiger partial charge in [0.05, 0.1) is 6.42 Å². The molecule has 1 fully saturated rings. The zero-order valence-electron chi connectivity index (χ0n) is 10.4. The Labute approximate surface area is 110 Å². The molecule has 0 radical (unpaired) electrons. The molecule has 2 rings (SSSR count). The summed E-state index contributed by atoms with van der Waals surface area (Å²) < 4.78 is 0. The molecule has 1 amide bonds. The van der Waals surface area contributed by atoms with Gasteiger partial charge in [0.1, 0.15) is 0 Å². The summed E-state index contributed by atoms with van der Waals surface area (Å²) in [6.45, 7) is 0.959. The minimum atomic E-state index is -1.04. The largest absolute Gasteiger partial charge is 0.550 e. The first kappa shape index (κ1) is 14.7. The van der Waals surface area contributed by atoms with Crippen molar-refractivity contribution in [2.24, 2.45) is 5.92 Å². The fourth-order valence-electron chi connectivity index (χ4n) is 2.07. The standard InChI is InChI=1S/C12H15NO3S.H3N/c14-11(7-10-4-2-6-17-10)13-5-1-3-9(8-13)12(15)16;/h2,4,6,9H,1,3,5,7-8H2,(H,15,16);1H3/t9-;/m0./s1. The fraction of sp³-hybridized carbons (Fsp3) is 0.500. The van der Waals surface area contributed by atoms with Crippen LogP contribution in [0.2, 0.25) is 0 Å². The van der Waals surface area contributed by atoms with Gasteiger partial charge in [-0.15, -0.1) is 11.3 Å². The topological polar surface area (TPSA) is 96.9 Å². The van der Waals surface area contributed by atoms with Gasteiger partial charge in [-0.25, -0.2) is 0 Å². The molecule has 100 valence electrons. The molecule has 0 spiro atoms. The Hall–Kier alpha value is -1.40. The predicted molar refractivity (Wildman–Crippen MR) is 68.3 cm³/mol. The van der Waals surface area contributed by atoms with Crippen molar-refractivity contribution in [3.63, 3.8) is 0 Å². The number of likely N-dealkylation sites (tertiary alicyclic amines) is 1. The van der Waals surface area contributed by atoms with Crippen LogP contribution < -0.4 is 11.3 Å². The highest BCUT2D eigenvalue weighted by Gasteiger charge is 2.24. The van der Waals surface area contributed by atoms with Crippen molar-refractivity contribution in [2.45, 2.75) is 19.3 Å². The van der Waals surface area contributed by atoms with Crippen molar-refractivity contribution < 1.29 is 14.7 Å². The number of aliphatic carboxylic acids is 1. The highest BCUT2D eigenvalue weighted by molar-refractivity contribution is 7.10. The third-order valence-electron chi connectivity index (χ3n) is 3.01. The molecule has 0 bridgehead atoms. The maximum atomic E-state index is 12.0. The summed E-state index contributed by atoms with van der Waals surface area (Å²) in [4.78, 5) is 25.4. The molecule has 1 aromatic heterocycles. The molecule has 5 nitrogen and oxygen atoms in total. The molecule has 0 aliphatic carbocycles. The number of quaternary nitrogens is 1. The van der Waals surface area contributed by atoms with Gasteiger partial charge in [0.15, 0.2) is 0 Å². The Kier molecular flexibility index (Phi) is 5.30. The van der Waals surface area contributed by atoms with Gasteiger partial charge in [0.2, 0.25) is 5.91 Å². The third-order valence-corrected chi connectivity index (χ3v) is 3.89. The van der Waals surface area contributed by atoms with Crippen molar-refractivity contribution in [1.82, 2.24) is 11.1 Å². The van der Waals surface area contributed by atoms with Gasteiger partial charge in [-0.05, 0) is 24.3 Å². The molecule has 0 unspecified atom stereocenters. The fourth-order valence-corrected chi connectivity index (χ4v) is 2.77. The van der Waals surface area contributed by atoms with Gasteiger partial charge >= 0.3 is 0 Å². The quantitative estimate of drug-likeness (QED) is 0.873. The van der Waals surface area contributed by atoms with Crippen LogP contribution >= 0.6 is 11.3 Å². The predicted octanol–water partition coefficient (Wildman–Crippen LogP) is 0.655. The Morgan fingerprint density at radius 3 is 2.89 bits per heavy atom. The summed E-state index contributed by atoms with van der Waals surface area (Å²) in [5.41, 5.74) is 0. The van der Waals surface area contributed by atoms with Crippen molar-refractivity contribution in [1.29, 1.82) is 0 Å². The van der Waals surface area contributed by atoms with Crippen molar-refractivity contribution in [2.75, 3.05) is 13.1 Å². The van der Waals surface area contributed by atoms with Crippen LogP contribution in [0.4, 0.5) is 0 Å². The monoisotopic (exact) mass is 270 g/mol.